The molecule has 0 fully saturated rings. The van der Waals surface area contributed by atoms with Crippen LogP contribution >= 0.6 is 22.7 Å². The van der Waals surface area contributed by atoms with E-state index in [0.717, 1.165) is 16.5 Å². The summed E-state index contributed by atoms with van der Waals surface area (Å²) in [7, 11) is 3.90. The van der Waals surface area contributed by atoms with Crippen molar-refractivity contribution in [2.75, 3.05) is 19.0 Å². The predicted molar refractivity (Wildman–Crippen MR) is 74.1 cm³/mol. The van der Waals surface area contributed by atoms with Crippen LogP contribution in [-0.2, 0) is 17.8 Å². The van der Waals surface area contributed by atoms with Gasteiger partial charge in [0.05, 0.1) is 29.9 Å². The molecule has 1 amide bonds. The Hall–Kier alpha value is -1.47. The zero-order valence-electron chi connectivity index (χ0n) is 10.2. The average molecular weight is 282 g/mol. The average Bonchev–Trinajstić information content (AvgIpc) is 2.96. The maximum absolute atomic E-state index is 11.6. The van der Waals surface area contributed by atoms with Crippen molar-refractivity contribution in [3.63, 3.8) is 0 Å². The lowest BCUT2D eigenvalue weighted by Crippen LogP contribution is -2.24. The molecule has 0 saturated carbocycles. The predicted octanol–water partition coefficient (Wildman–Crippen LogP) is 1.52. The fourth-order valence-corrected chi connectivity index (χ4v) is 2.64. The number of nitrogens with zero attached hydrogens (tertiary/aromatic N) is 3. The number of thiazole rings is 2. The van der Waals surface area contributed by atoms with Gasteiger partial charge in [0.1, 0.15) is 0 Å². The number of anilines is 1. The van der Waals surface area contributed by atoms with E-state index in [1.54, 1.807) is 16.8 Å². The molecular formula is C11H14N4OS2. The van der Waals surface area contributed by atoms with Crippen molar-refractivity contribution in [3.8, 4) is 0 Å². The van der Waals surface area contributed by atoms with Gasteiger partial charge in [-0.1, -0.05) is 0 Å². The highest BCUT2D eigenvalue weighted by Gasteiger charge is 2.07. The van der Waals surface area contributed by atoms with E-state index in [1.165, 1.54) is 11.3 Å². The van der Waals surface area contributed by atoms with Gasteiger partial charge in [-0.3, -0.25) is 4.79 Å². The summed E-state index contributed by atoms with van der Waals surface area (Å²) >= 11 is 3.06. The number of nitrogens with one attached hydrogen (secondary N) is 1. The van der Waals surface area contributed by atoms with E-state index in [2.05, 4.69) is 15.3 Å². The number of aromatic nitrogens is 2. The Labute approximate surface area is 114 Å². The molecule has 0 spiro atoms. The quantitative estimate of drug-likeness (QED) is 0.903. The van der Waals surface area contributed by atoms with Crippen LogP contribution in [0.5, 0.6) is 0 Å². The zero-order valence-corrected chi connectivity index (χ0v) is 11.8. The fraction of sp³-hybridized carbons (Fsp3) is 0.364. The van der Waals surface area contributed by atoms with Gasteiger partial charge in [-0.15, -0.1) is 22.7 Å². The number of hydrogen-bond donors (Lipinski definition) is 1. The molecule has 0 saturated heterocycles. The second kappa shape index (κ2) is 5.92. The van der Waals surface area contributed by atoms with Crippen LogP contribution in [0, 0.1) is 0 Å². The molecule has 18 heavy (non-hydrogen) atoms. The number of carbonyl (C=O) groups is 1. The number of hydrogen-bond acceptors (Lipinski definition) is 6. The third-order valence-corrected chi connectivity index (χ3v) is 3.91. The normalized spacial score (nSPS) is 10.3. The first kappa shape index (κ1) is 13.0. The molecule has 2 rings (SSSR count). The van der Waals surface area contributed by atoms with Gasteiger partial charge in [-0.25, -0.2) is 9.97 Å². The van der Waals surface area contributed by atoms with E-state index in [-0.39, 0.29) is 5.91 Å². The van der Waals surface area contributed by atoms with Crippen LogP contribution < -0.4 is 10.2 Å². The largest absolute Gasteiger partial charge is 0.354 e. The highest BCUT2D eigenvalue weighted by Crippen LogP contribution is 2.17. The van der Waals surface area contributed by atoms with Gasteiger partial charge in [-0.05, 0) is 0 Å². The van der Waals surface area contributed by atoms with E-state index >= 15 is 0 Å². The molecule has 5 nitrogen and oxygen atoms in total. The molecule has 0 bridgehead atoms. The molecule has 0 radical (unpaired) electrons. The Balaban J connectivity index is 1.81. The Morgan fingerprint density at radius 2 is 2.22 bits per heavy atom. The van der Waals surface area contributed by atoms with Crippen molar-refractivity contribution in [1.82, 2.24) is 15.3 Å². The summed E-state index contributed by atoms with van der Waals surface area (Å²) in [6, 6.07) is 0. The molecule has 0 aliphatic heterocycles. The summed E-state index contributed by atoms with van der Waals surface area (Å²) in [6.07, 6.45) is 0.328. The molecule has 2 aromatic rings. The summed E-state index contributed by atoms with van der Waals surface area (Å²) in [5, 5.41) is 7.62. The van der Waals surface area contributed by atoms with Crippen molar-refractivity contribution in [3.05, 3.63) is 27.7 Å². The highest BCUT2D eigenvalue weighted by molar-refractivity contribution is 7.13. The maximum Gasteiger partial charge on any atom is 0.226 e. The van der Waals surface area contributed by atoms with Gasteiger partial charge >= 0.3 is 0 Å². The first-order valence-corrected chi connectivity index (χ1v) is 7.23. The highest BCUT2D eigenvalue weighted by atomic mass is 32.1. The smallest absolute Gasteiger partial charge is 0.226 e. The molecule has 0 aromatic carbocycles. The van der Waals surface area contributed by atoms with Crippen molar-refractivity contribution < 1.29 is 4.79 Å². The van der Waals surface area contributed by atoms with Gasteiger partial charge in [0, 0.05) is 24.9 Å². The van der Waals surface area contributed by atoms with Gasteiger partial charge < -0.3 is 10.2 Å². The van der Waals surface area contributed by atoms with E-state index < -0.39 is 0 Å². The third-order valence-electron chi connectivity index (χ3n) is 2.21. The molecular weight excluding hydrogens is 268 g/mol. The van der Waals surface area contributed by atoms with Crippen LogP contribution in [0.2, 0.25) is 0 Å². The Kier molecular flexibility index (Phi) is 4.27. The summed E-state index contributed by atoms with van der Waals surface area (Å²) in [5.41, 5.74) is 3.42. The fourth-order valence-electron chi connectivity index (χ4n) is 1.32. The second-order valence-electron chi connectivity index (χ2n) is 3.95. The van der Waals surface area contributed by atoms with Crippen molar-refractivity contribution >= 4 is 33.7 Å². The monoisotopic (exact) mass is 282 g/mol. The Morgan fingerprint density at radius 1 is 1.39 bits per heavy atom. The summed E-state index contributed by atoms with van der Waals surface area (Å²) in [5.74, 6) is -0.0275. The number of carbonyl (C=O) groups excluding carboxylic acids is 1. The zero-order chi connectivity index (χ0) is 13.0. The minimum absolute atomic E-state index is 0.0275. The third kappa shape index (κ3) is 3.51. The van der Waals surface area contributed by atoms with Crippen LogP contribution in [0.4, 0.5) is 5.13 Å². The Bertz CT molecular complexity index is 507. The minimum atomic E-state index is -0.0275. The SMILES string of the molecule is CN(C)c1nc(CNC(=O)Cc2cscn2)cs1. The molecule has 2 aromatic heterocycles. The van der Waals surface area contributed by atoms with E-state index in [9.17, 15) is 4.79 Å². The van der Waals surface area contributed by atoms with Gasteiger partial charge in [0.2, 0.25) is 5.91 Å². The first-order valence-electron chi connectivity index (χ1n) is 5.40. The molecule has 96 valence electrons. The van der Waals surface area contributed by atoms with Gasteiger partial charge in [0.25, 0.3) is 0 Å². The van der Waals surface area contributed by atoms with Crippen LogP contribution in [0.15, 0.2) is 16.3 Å². The number of rotatable bonds is 5. The first-order chi connectivity index (χ1) is 8.65. The topological polar surface area (TPSA) is 58.1 Å². The lowest BCUT2D eigenvalue weighted by Gasteiger charge is -2.05. The summed E-state index contributed by atoms with van der Waals surface area (Å²) in [6.45, 7) is 0.466. The van der Waals surface area contributed by atoms with Crippen LogP contribution in [-0.4, -0.2) is 30.0 Å². The van der Waals surface area contributed by atoms with Gasteiger partial charge in [-0.2, -0.15) is 0 Å². The molecule has 0 aliphatic rings. The molecule has 2 heterocycles. The van der Waals surface area contributed by atoms with Crippen molar-refractivity contribution in [2.45, 2.75) is 13.0 Å². The molecule has 7 heteroatoms. The molecule has 1 N–H and O–H groups in total. The maximum atomic E-state index is 11.6. The van der Waals surface area contributed by atoms with Gasteiger partial charge in [0.15, 0.2) is 5.13 Å². The standard InChI is InChI=1S/C11H14N4OS2/c1-15(2)11-14-9(6-18-11)4-12-10(16)3-8-5-17-7-13-8/h5-7H,3-4H2,1-2H3,(H,12,16). The molecule has 0 aliphatic carbocycles. The van der Waals surface area contributed by atoms with Crippen molar-refractivity contribution in [2.24, 2.45) is 0 Å². The molecule has 0 atom stereocenters. The lowest BCUT2D eigenvalue weighted by atomic mass is 10.3. The molecule has 0 unspecified atom stereocenters. The Morgan fingerprint density at radius 3 is 2.83 bits per heavy atom. The van der Waals surface area contributed by atoms with Crippen LogP contribution in [0.3, 0.4) is 0 Å². The van der Waals surface area contributed by atoms with Crippen molar-refractivity contribution in [1.29, 1.82) is 0 Å². The van der Waals surface area contributed by atoms with Crippen LogP contribution in [0.1, 0.15) is 11.4 Å². The summed E-state index contributed by atoms with van der Waals surface area (Å²) in [4.78, 5) is 22.1. The second-order valence-corrected chi connectivity index (χ2v) is 5.50. The summed E-state index contributed by atoms with van der Waals surface area (Å²) < 4.78 is 0. The number of amides is 1. The van der Waals surface area contributed by atoms with E-state index in [0.29, 0.717) is 13.0 Å². The van der Waals surface area contributed by atoms with Crippen LogP contribution in [0.25, 0.3) is 0 Å². The van der Waals surface area contributed by atoms with E-state index in [1.807, 2.05) is 29.8 Å². The van der Waals surface area contributed by atoms with E-state index in [4.69, 9.17) is 0 Å². The lowest BCUT2D eigenvalue weighted by molar-refractivity contribution is -0.120. The minimum Gasteiger partial charge on any atom is -0.354 e.